The maximum absolute atomic E-state index is 13.5. The maximum Gasteiger partial charge on any atom is 0.305 e. The van der Waals surface area contributed by atoms with Crippen molar-refractivity contribution in [3.8, 4) is 0 Å². The molecule has 0 aromatic heterocycles. The fourth-order valence-corrected chi connectivity index (χ4v) is 3.11. The molecule has 1 amide bonds. The SMILES string of the molecule is COC(=O)CC1CCCN(CC(=O)NCc2ccc(C)c(F)c2)CC1. The van der Waals surface area contributed by atoms with E-state index in [0.29, 0.717) is 31.0 Å². The second kappa shape index (κ2) is 9.51. The van der Waals surface area contributed by atoms with Crippen LogP contribution in [0.15, 0.2) is 18.2 Å². The van der Waals surface area contributed by atoms with Crippen molar-refractivity contribution in [1.82, 2.24) is 10.2 Å². The standard InChI is InChI=1S/C19H27FN2O3/c1-14-5-6-16(10-17(14)20)12-21-18(23)13-22-8-3-4-15(7-9-22)11-19(24)25-2/h5-6,10,15H,3-4,7-9,11-13H2,1-2H3,(H,21,23). The second-order valence-electron chi connectivity index (χ2n) is 6.71. The Labute approximate surface area is 148 Å². The number of nitrogens with zero attached hydrogens (tertiary/aromatic N) is 1. The van der Waals surface area contributed by atoms with Gasteiger partial charge in [0.25, 0.3) is 0 Å². The van der Waals surface area contributed by atoms with Crippen LogP contribution in [-0.2, 0) is 20.9 Å². The molecular formula is C19H27FN2O3. The van der Waals surface area contributed by atoms with Crippen LogP contribution in [0.25, 0.3) is 0 Å². The summed E-state index contributed by atoms with van der Waals surface area (Å²) in [5.74, 6) is -0.152. The zero-order valence-electron chi connectivity index (χ0n) is 15.0. The lowest BCUT2D eigenvalue weighted by atomic mass is 9.97. The highest BCUT2D eigenvalue weighted by atomic mass is 19.1. The van der Waals surface area contributed by atoms with Crippen molar-refractivity contribution in [3.63, 3.8) is 0 Å². The van der Waals surface area contributed by atoms with Crippen LogP contribution in [0, 0.1) is 18.7 Å². The highest BCUT2D eigenvalue weighted by molar-refractivity contribution is 5.78. The zero-order valence-corrected chi connectivity index (χ0v) is 15.0. The summed E-state index contributed by atoms with van der Waals surface area (Å²) in [5, 5.41) is 2.84. The maximum atomic E-state index is 13.5. The smallest absolute Gasteiger partial charge is 0.305 e. The first kappa shape index (κ1) is 19.4. The highest BCUT2D eigenvalue weighted by Crippen LogP contribution is 2.21. The van der Waals surface area contributed by atoms with Gasteiger partial charge in [0.1, 0.15) is 5.82 Å². The zero-order chi connectivity index (χ0) is 18.2. The van der Waals surface area contributed by atoms with Gasteiger partial charge in [0.15, 0.2) is 0 Å². The Balaban J connectivity index is 1.74. The predicted octanol–water partition coefficient (Wildman–Crippen LogP) is 2.42. The minimum Gasteiger partial charge on any atom is -0.469 e. The van der Waals surface area contributed by atoms with Crippen LogP contribution >= 0.6 is 0 Å². The Hall–Kier alpha value is -1.95. The number of aryl methyl sites for hydroxylation is 1. The molecule has 0 radical (unpaired) electrons. The van der Waals surface area contributed by atoms with E-state index in [0.717, 1.165) is 37.9 Å². The summed E-state index contributed by atoms with van der Waals surface area (Å²) in [6.45, 7) is 4.02. The van der Waals surface area contributed by atoms with E-state index >= 15 is 0 Å². The summed E-state index contributed by atoms with van der Waals surface area (Å²) >= 11 is 0. The quantitative estimate of drug-likeness (QED) is 0.801. The average molecular weight is 350 g/mol. The molecule has 1 unspecified atom stereocenters. The average Bonchev–Trinajstić information content (AvgIpc) is 2.81. The fourth-order valence-electron chi connectivity index (χ4n) is 3.11. The Morgan fingerprint density at radius 1 is 1.32 bits per heavy atom. The molecule has 6 heteroatoms. The normalized spacial score (nSPS) is 18.4. The van der Waals surface area contributed by atoms with E-state index in [1.54, 1.807) is 13.0 Å². The molecule has 5 nitrogen and oxygen atoms in total. The van der Waals surface area contributed by atoms with Crippen molar-refractivity contribution in [3.05, 3.63) is 35.1 Å². The van der Waals surface area contributed by atoms with Crippen LogP contribution < -0.4 is 5.32 Å². The van der Waals surface area contributed by atoms with Gasteiger partial charge in [-0.25, -0.2) is 4.39 Å². The van der Waals surface area contributed by atoms with Gasteiger partial charge >= 0.3 is 5.97 Å². The van der Waals surface area contributed by atoms with Gasteiger partial charge in [-0.05, 0) is 62.4 Å². The third kappa shape index (κ3) is 6.46. The Morgan fingerprint density at radius 2 is 2.12 bits per heavy atom. The minimum atomic E-state index is -0.254. The molecule has 1 N–H and O–H groups in total. The van der Waals surface area contributed by atoms with Gasteiger partial charge in [-0.15, -0.1) is 0 Å². The lowest BCUT2D eigenvalue weighted by Gasteiger charge is -2.19. The molecule has 1 aliphatic heterocycles. The Kier molecular flexibility index (Phi) is 7.37. The van der Waals surface area contributed by atoms with E-state index in [1.807, 2.05) is 6.07 Å². The predicted molar refractivity (Wildman–Crippen MR) is 93.4 cm³/mol. The summed E-state index contributed by atoms with van der Waals surface area (Å²) in [4.78, 5) is 25.6. The molecule has 25 heavy (non-hydrogen) atoms. The van der Waals surface area contributed by atoms with Crippen LogP contribution in [0.5, 0.6) is 0 Å². The number of esters is 1. The first-order valence-electron chi connectivity index (χ1n) is 8.79. The molecule has 1 atom stereocenters. The number of likely N-dealkylation sites (tertiary alicyclic amines) is 1. The van der Waals surface area contributed by atoms with Crippen LogP contribution in [0.2, 0.25) is 0 Å². The van der Waals surface area contributed by atoms with Crippen molar-refractivity contribution >= 4 is 11.9 Å². The monoisotopic (exact) mass is 350 g/mol. The van der Waals surface area contributed by atoms with E-state index in [1.165, 1.54) is 13.2 Å². The molecule has 1 aromatic rings. The number of halogens is 1. The van der Waals surface area contributed by atoms with Gasteiger partial charge in [-0.1, -0.05) is 12.1 Å². The number of rotatable bonds is 6. The number of ether oxygens (including phenoxy) is 1. The largest absolute Gasteiger partial charge is 0.469 e. The fraction of sp³-hybridized carbons (Fsp3) is 0.579. The van der Waals surface area contributed by atoms with E-state index < -0.39 is 0 Å². The Morgan fingerprint density at radius 3 is 2.84 bits per heavy atom. The summed E-state index contributed by atoms with van der Waals surface area (Å²) < 4.78 is 18.3. The van der Waals surface area contributed by atoms with Crippen LogP contribution in [-0.4, -0.2) is 43.5 Å². The van der Waals surface area contributed by atoms with E-state index in [9.17, 15) is 14.0 Å². The van der Waals surface area contributed by atoms with Crippen LogP contribution in [0.4, 0.5) is 4.39 Å². The van der Waals surface area contributed by atoms with Crippen molar-refractivity contribution in [2.24, 2.45) is 5.92 Å². The molecular weight excluding hydrogens is 323 g/mol. The van der Waals surface area contributed by atoms with E-state index in [-0.39, 0.29) is 17.7 Å². The summed E-state index contributed by atoms with van der Waals surface area (Å²) in [6, 6.07) is 4.99. The molecule has 1 fully saturated rings. The highest BCUT2D eigenvalue weighted by Gasteiger charge is 2.21. The number of carbonyl (C=O) groups excluding carboxylic acids is 2. The van der Waals surface area contributed by atoms with Crippen molar-refractivity contribution in [2.75, 3.05) is 26.7 Å². The number of methoxy groups -OCH3 is 1. The minimum absolute atomic E-state index is 0.0626. The number of hydrogen-bond acceptors (Lipinski definition) is 4. The summed E-state index contributed by atoms with van der Waals surface area (Å²) in [6.07, 6.45) is 3.30. The van der Waals surface area contributed by atoms with Crippen molar-refractivity contribution in [2.45, 2.75) is 39.2 Å². The molecule has 2 rings (SSSR count). The molecule has 0 saturated carbocycles. The van der Waals surface area contributed by atoms with Crippen LogP contribution in [0.3, 0.4) is 0 Å². The molecule has 0 aliphatic carbocycles. The summed E-state index contributed by atoms with van der Waals surface area (Å²) in [5.41, 5.74) is 1.35. The number of benzene rings is 1. The molecule has 0 spiro atoms. The van der Waals surface area contributed by atoms with Crippen LogP contribution in [0.1, 0.15) is 36.8 Å². The number of carbonyl (C=O) groups is 2. The van der Waals surface area contributed by atoms with Crippen molar-refractivity contribution < 1.29 is 18.7 Å². The Bertz CT molecular complexity index is 606. The van der Waals surface area contributed by atoms with Crippen molar-refractivity contribution in [1.29, 1.82) is 0 Å². The summed E-state index contributed by atoms with van der Waals surface area (Å²) in [7, 11) is 1.41. The first-order chi connectivity index (χ1) is 12.0. The molecule has 1 saturated heterocycles. The van der Waals surface area contributed by atoms with Gasteiger partial charge in [0.05, 0.1) is 13.7 Å². The van der Waals surface area contributed by atoms with E-state index in [4.69, 9.17) is 4.74 Å². The first-order valence-corrected chi connectivity index (χ1v) is 8.79. The number of amides is 1. The molecule has 1 aliphatic rings. The van der Waals surface area contributed by atoms with Gasteiger partial charge < -0.3 is 10.1 Å². The second-order valence-corrected chi connectivity index (χ2v) is 6.71. The number of hydrogen-bond donors (Lipinski definition) is 1. The van der Waals surface area contributed by atoms with Gasteiger partial charge in [0.2, 0.25) is 5.91 Å². The topological polar surface area (TPSA) is 58.6 Å². The van der Waals surface area contributed by atoms with E-state index in [2.05, 4.69) is 10.2 Å². The van der Waals surface area contributed by atoms with Gasteiger partial charge in [0, 0.05) is 13.0 Å². The lowest BCUT2D eigenvalue weighted by Crippen LogP contribution is -2.37. The number of nitrogens with one attached hydrogen (secondary N) is 1. The molecule has 138 valence electrons. The lowest BCUT2D eigenvalue weighted by molar-refractivity contribution is -0.141. The molecule has 1 heterocycles. The molecule has 0 bridgehead atoms. The van der Waals surface area contributed by atoms with Gasteiger partial charge in [-0.3, -0.25) is 14.5 Å². The third-order valence-electron chi connectivity index (χ3n) is 4.72. The van der Waals surface area contributed by atoms with Gasteiger partial charge in [-0.2, -0.15) is 0 Å². The molecule has 1 aromatic carbocycles. The third-order valence-corrected chi connectivity index (χ3v) is 4.72.